The van der Waals surface area contributed by atoms with Gasteiger partial charge in [0.15, 0.2) is 0 Å². The van der Waals surface area contributed by atoms with E-state index in [-0.39, 0.29) is 0 Å². The molecule has 0 saturated carbocycles. The lowest BCUT2D eigenvalue weighted by atomic mass is 10.1. The van der Waals surface area contributed by atoms with Crippen LogP contribution in [0.2, 0.25) is 0 Å². The Balaban J connectivity index is 2.14. The third kappa shape index (κ3) is 6.07. The second-order valence-electron chi connectivity index (χ2n) is 5.35. The number of carbonyl (C=O) groups is 1. The van der Waals surface area contributed by atoms with Gasteiger partial charge in [0.05, 0.1) is 6.10 Å². The maximum atomic E-state index is 11.3. The van der Waals surface area contributed by atoms with Crippen LogP contribution >= 0.6 is 10.3 Å². The molecule has 0 bridgehead atoms. The summed E-state index contributed by atoms with van der Waals surface area (Å²) < 4.78 is 10.9. The minimum absolute atomic E-state index is 0.447. The molecule has 2 unspecified atom stereocenters. The van der Waals surface area contributed by atoms with Gasteiger partial charge in [0, 0.05) is 12.4 Å². The molecule has 2 atom stereocenters. The molecule has 108 valence electrons. The van der Waals surface area contributed by atoms with Gasteiger partial charge < -0.3 is 14.0 Å². The molecule has 0 amide bonds. The van der Waals surface area contributed by atoms with Gasteiger partial charge in [-0.2, -0.15) is 0 Å². The van der Waals surface area contributed by atoms with Gasteiger partial charge in [0.2, 0.25) is 0 Å². The Morgan fingerprint density at radius 2 is 2.22 bits per heavy atom. The average Bonchev–Trinajstić information content (AvgIpc) is 2.76. The molecule has 1 heterocycles. The van der Waals surface area contributed by atoms with Crippen molar-refractivity contribution >= 4 is 16.3 Å². The highest BCUT2D eigenvalue weighted by Gasteiger charge is 2.21. The highest BCUT2D eigenvalue weighted by atomic mass is 32.3. The first-order valence-electron chi connectivity index (χ1n) is 6.65. The molecular formula is C13H26O4S. The van der Waals surface area contributed by atoms with Crippen LogP contribution in [0.3, 0.4) is 0 Å². The number of unbranched alkanes of at least 4 members (excludes halogenated alkanes) is 1. The van der Waals surface area contributed by atoms with Crippen molar-refractivity contribution in [1.82, 2.24) is 0 Å². The molecule has 0 radical (unpaired) electrons. The number of carbonyl (C=O) groups excluding carboxylic acids is 1. The van der Waals surface area contributed by atoms with E-state index in [1.54, 1.807) is 0 Å². The number of hydrogen-bond donors (Lipinski definition) is 1. The predicted octanol–water partition coefficient (Wildman–Crippen LogP) is 2.24. The lowest BCUT2D eigenvalue weighted by Gasteiger charge is -2.31. The highest BCUT2D eigenvalue weighted by Crippen LogP contribution is 2.42. The van der Waals surface area contributed by atoms with E-state index in [1.807, 2.05) is 12.5 Å². The molecule has 1 saturated heterocycles. The van der Waals surface area contributed by atoms with E-state index in [4.69, 9.17) is 14.0 Å². The smallest absolute Gasteiger partial charge is 0.345 e. The maximum Gasteiger partial charge on any atom is 0.345 e. The number of ether oxygens (including phenoxy) is 1. The molecule has 0 spiro atoms. The predicted molar refractivity (Wildman–Crippen MR) is 74.9 cm³/mol. The minimum Gasteiger partial charge on any atom is -0.414 e. The summed E-state index contributed by atoms with van der Waals surface area (Å²) in [5.74, 6) is 0.396. The Morgan fingerprint density at radius 3 is 2.78 bits per heavy atom. The van der Waals surface area contributed by atoms with Crippen LogP contribution in [0.25, 0.3) is 0 Å². The zero-order valence-electron chi connectivity index (χ0n) is 11.7. The molecular weight excluding hydrogens is 252 g/mol. The average molecular weight is 278 g/mol. The quantitative estimate of drug-likeness (QED) is 0.726. The highest BCUT2D eigenvalue weighted by molar-refractivity contribution is 8.29. The van der Waals surface area contributed by atoms with Crippen LogP contribution in [0.15, 0.2) is 0 Å². The van der Waals surface area contributed by atoms with E-state index >= 15 is 0 Å². The Morgan fingerprint density at radius 1 is 1.50 bits per heavy atom. The van der Waals surface area contributed by atoms with Crippen molar-refractivity contribution in [3.05, 3.63) is 0 Å². The summed E-state index contributed by atoms with van der Waals surface area (Å²) in [6.45, 7) is 2.35. The molecule has 0 aromatic rings. The summed E-state index contributed by atoms with van der Waals surface area (Å²) in [6.07, 6.45) is 9.02. The topological polar surface area (TPSA) is 55.8 Å². The van der Waals surface area contributed by atoms with E-state index < -0.39 is 22.4 Å². The second-order valence-corrected chi connectivity index (χ2v) is 8.80. The fourth-order valence-corrected chi connectivity index (χ4v) is 3.59. The largest absolute Gasteiger partial charge is 0.414 e. The molecule has 1 N–H and O–H groups in total. The Bertz CT molecular complexity index is 260. The van der Waals surface area contributed by atoms with Crippen molar-refractivity contribution in [2.24, 2.45) is 0 Å². The zero-order chi connectivity index (χ0) is 13.6. The van der Waals surface area contributed by atoms with Crippen molar-refractivity contribution in [2.75, 3.05) is 24.9 Å². The fraction of sp³-hybridized carbons (Fsp3) is 0.923. The van der Waals surface area contributed by atoms with Gasteiger partial charge in [0.25, 0.3) is 0 Å². The van der Waals surface area contributed by atoms with Crippen molar-refractivity contribution in [3.8, 4) is 0 Å². The standard InChI is InChI=1S/C13H26O4S/c1-11(14)13(15)17-18(2,3)10-5-4-7-12-8-6-9-16-12/h11-12,14H,4-10H2,1-3H3. The monoisotopic (exact) mass is 278 g/mol. The van der Waals surface area contributed by atoms with E-state index in [2.05, 4.69) is 0 Å². The second kappa shape index (κ2) is 7.36. The van der Waals surface area contributed by atoms with Crippen LogP contribution in [-0.2, 0) is 13.7 Å². The van der Waals surface area contributed by atoms with E-state index in [1.165, 1.54) is 19.8 Å². The molecule has 1 rings (SSSR count). The SMILES string of the molecule is CC(O)C(=O)OS(C)(C)CCCCC1CCCO1. The lowest BCUT2D eigenvalue weighted by Crippen LogP contribution is -2.22. The van der Waals surface area contributed by atoms with Crippen LogP contribution in [0.5, 0.6) is 0 Å². The van der Waals surface area contributed by atoms with E-state index in [9.17, 15) is 4.79 Å². The molecule has 1 aliphatic rings. The van der Waals surface area contributed by atoms with Gasteiger partial charge >= 0.3 is 5.97 Å². The molecule has 5 heteroatoms. The van der Waals surface area contributed by atoms with Crippen molar-refractivity contribution in [2.45, 2.75) is 51.2 Å². The van der Waals surface area contributed by atoms with Crippen LogP contribution in [0.4, 0.5) is 0 Å². The van der Waals surface area contributed by atoms with E-state index in [0.717, 1.165) is 31.6 Å². The van der Waals surface area contributed by atoms with Gasteiger partial charge in [-0.3, -0.25) is 0 Å². The van der Waals surface area contributed by atoms with Crippen LogP contribution in [-0.4, -0.2) is 48.2 Å². The fourth-order valence-electron chi connectivity index (χ4n) is 2.03. The van der Waals surface area contributed by atoms with Crippen LogP contribution < -0.4 is 0 Å². The van der Waals surface area contributed by atoms with Crippen molar-refractivity contribution < 1.29 is 18.8 Å². The number of hydrogen-bond acceptors (Lipinski definition) is 4. The Labute approximate surface area is 112 Å². The first-order chi connectivity index (χ1) is 8.41. The Kier molecular flexibility index (Phi) is 6.46. The molecule has 0 aromatic heterocycles. The van der Waals surface area contributed by atoms with Gasteiger partial charge in [0.1, 0.15) is 6.10 Å². The first kappa shape index (κ1) is 15.8. The van der Waals surface area contributed by atoms with Crippen LogP contribution in [0.1, 0.15) is 39.0 Å². The van der Waals surface area contributed by atoms with E-state index in [0.29, 0.717) is 6.10 Å². The summed E-state index contributed by atoms with van der Waals surface area (Å²) in [4.78, 5) is 11.3. The van der Waals surface area contributed by atoms with Gasteiger partial charge in [-0.15, -0.1) is 0 Å². The Hall–Kier alpha value is -0.260. The molecule has 18 heavy (non-hydrogen) atoms. The number of rotatable bonds is 7. The summed E-state index contributed by atoms with van der Waals surface area (Å²) in [5, 5.41) is 9.12. The van der Waals surface area contributed by atoms with Crippen LogP contribution in [0, 0.1) is 0 Å². The minimum atomic E-state index is -1.37. The van der Waals surface area contributed by atoms with Gasteiger partial charge in [-0.1, -0.05) is 10.3 Å². The summed E-state index contributed by atoms with van der Waals surface area (Å²) >= 11 is 0. The normalized spacial score (nSPS) is 22.8. The summed E-state index contributed by atoms with van der Waals surface area (Å²) in [6, 6.07) is 0. The molecule has 4 nitrogen and oxygen atoms in total. The maximum absolute atomic E-state index is 11.3. The summed E-state index contributed by atoms with van der Waals surface area (Å²) in [5.41, 5.74) is 0. The third-order valence-electron chi connectivity index (χ3n) is 3.08. The number of aliphatic hydroxyl groups is 1. The first-order valence-corrected chi connectivity index (χ1v) is 9.19. The molecule has 0 aromatic carbocycles. The zero-order valence-corrected chi connectivity index (χ0v) is 12.5. The number of aliphatic hydroxyl groups excluding tert-OH is 1. The third-order valence-corrected chi connectivity index (χ3v) is 4.97. The van der Waals surface area contributed by atoms with Crippen molar-refractivity contribution in [3.63, 3.8) is 0 Å². The lowest BCUT2D eigenvalue weighted by molar-refractivity contribution is -0.141. The molecule has 0 aliphatic carbocycles. The summed E-state index contributed by atoms with van der Waals surface area (Å²) in [7, 11) is -1.37. The molecule has 1 aliphatic heterocycles. The van der Waals surface area contributed by atoms with Gasteiger partial charge in [-0.05, 0) is 51.5 Å². The molecule has 1 fully saturated rings. The van der Waals surface area contributed by atoms with Gasteiger partial charge in [-0.25, -0.2) is 4.79 Å². The van der Waals surface area contributed by atoms with Crippen molar-refractivity contribution in [1.29, 1.82) is 0 Å².